The number of nitrogens with one attached hydrogen (secondary N) is 2. The molecule has 33 heavy (non-hydrogen) atoms. The summed E-state index contributed by atoms with van der Waals surface area (Å²) in [6.45, 7) is 3.24. The molecule has 1 unspecified atom stereocenters. The van der Waals surface area contributed by atoms with Crippen LogP contribution in [0.15, 0.2) is 64.1 Å². The minimum Gasteiger partial charge on any atom is -0.497 e. The molecule has 0 bridgehead atoms. The number of hydrogen-bond acceptors (Lipinski definition) is 6. The van der Waals surface area contributed by atoms with Gasteiger partial charge in [-0.15, -0.1) is 0 Å². The molecule has 1 atom stereocenters. The summed E-state index contributed by atoms with van der Waals surface area (Å²) in [6, 6.07) is 16.3. The molecule has 1 fully saturated rings. The van der Waals surface area contributed by atoms with Gasteiger partial charge in [0.2, 0.25) is 5.89 Å². The van der Waals surface area contributed by atoms with Gasteiger partial charge in [0.25, 0.3) is 0 Å². The van der Waals surface area contributed by atoms with E-state index in [-0.39, 0.29) is 0 Å². The predicted molar refractivity (Wildman–Crippen MR) is 129 cm³/mol. The summed E-state index contributed by atoms with van der Waals surface area (Å²) in [5, 5.41) is 6.82. The number of likely N-dealkylation sites (tertiary alicyclic amines) is 1. The molecule has 1 aliphatic heterocycles. The number of aliphatic imine (C=N–C) groups is 1. The van der Waals surface area contributed by atoms with Crippen LogP contribution in [0.25, 0.3) is 11.3 Å². The average molecular weight is 450 g/mol. The zero-order chi connectivity index (χ0) is 23.0. The van der Waals surface area contributed by atoms with Crippen LogP contribution in [0.1, 0.15) is 17.9 Å². The summed E-state index contributed by atoms with van der Waals surface area (Å²) in [5.74, 6) is 3.74. The Morgan fingerprint density at radius 2 is 1.91 bits per heavy atom. The van der Waals surface area contributed by atoms with E-state index in [1.165, 1.54) is 5.56 Å². The van der Waals surface area contributed by atoms with Crippen LogP contribution < -0.4 is 20.1 Å². The standard InChI is InChI=1S/C25H31N5O3/c1-26-25(28-15-24-27-14-23(33-24)19-7-5-4-6-8-19)29-20-9-10-30(17-20)16-18-11-21(31-2)13-22(12-18)32-3/h4-8,11-14,20H,9-10,15-17H2,1-3H3,(H2,26,28,29). The highest BCUT2D eigenvalue weighted by Crippen LogP contribution is 2.24. The van der Waals surface area contributed by atoms with E-state index in [4.69, 9.17) is 13.9 Å². The first-order valence-corrected chi connectivity index (χ1v) is 11.1. The minimum atomic E-state index is 0.313. The van der Waals surface area contributed by atoms with E-state index in [0.29, 0.717) is 18.5 Å². The van der Waals surface area contributed by atoms with Gasteiger partial charge in [-0.2, -0.15) is 0 Å². The van der Waals surface area contributed by atoms with Gasteiger partial charge in [0.1, 0.15) is 11.5 Å². The highest BCUT2D eigenvalue weighted by Gasteiger charge is 2.23. The Bertz CT molecular complexity index is 1040. The highest BCUT2D eigenvalue weighted by molar-refractivity contribution is 5.79. The first-order valence-electron chi connectivity index (χ1n) is 11.1. The molecular weight excluding hydrogens is 418 g/mol. The maximum atomic E-state index is 5.87. The maximum Gasteiger partial charge on any atom is 0.214 e. The number of guanidine groups is 1. The van der Waals surface area contributed by atoms with Gasteiger partial charge in [-0.05, 0) is 24.1 Å². The van der Waals surface area contributed by atoms with Gasteiger partial charge >= 0.3 is 0 Å². The lowest BCUT2D eigenvalue weighted by atomic mass is 10.2. The fourth-order valence-electron chi connectivity index (χ4n) is 3.99. The lowest BCUT2D eigenvalue weighted by molar-refractivity contribution is 0.321. The molecule has 4 rings (SSSR count). The molecule has 2 heterocycles. The molecule has 174 valence electrons. The second-order valence-electron chi connectivity index (χ2n) is 8.00. The fraction of sp³-hybridized carbons (Fsp3) is 0.360. The van der Waals surface area contributed by atoms with Crippen molar-refractivity contribution in [1.29, 1.82) is 0 Å². The van der Waals surface area contributed by atoms with E-state index in [1.807, 2.05) is 36.4 Å². The molecule has 2 N–H and O–H groups in total. The van der Waals surface area contributed by atoms with E-state index in [0.717, 1.165) is 54.8 Å². The maximum absolute atomic E-state index is 5.87. The van der Waals surface area contributed by atoms with Crippen molar-refractivity contribution in [3.05, 3.63) is 66.2 Å². The van der Waals surface area contributed by atoms with Crippen molar-refractivity contribution < 1.29 is 13.9 Å². The largest absolute Gasteiger partial charge is 0.497 e. The molecule has 8 heteroatoms. The van der Waals surface area contributed by atoms with E-state index in [2.05, 4.69) is 37.6 Å². The van der Waals surface area contributed by atoms with Crippen LogP contribution >= 0.6 is 0 Å². The first-order chi connectivity index (χ1) is 16.2. The third-order valence-electron chi connectivity index (χ3n) is 5.67. The number of oxazole rings is 1. The van der Waals surface area contributed by atoms with Crippen molar-refractivity contribution in [1.82, 2.24) is 20.5 Å². The third-order valence-corrected chi connectivity index (χ3v) is 5.67. The summed E-state index contributed by atoms with van der Waals surface area (Å²) in [5.41, 5.74) is 2.19. The molecule has 1 aromatic heterocycles. The number of benzene rings is 2. The van der Waals surface area contributed by atoms with Gasteiger partial charge in [0.15, 0.2) is 11.7 Å². The van der Waals surface area contributed by atoms with Crippen molar-refractivity contribution in [3.63, 3.8) is 0 Å². The van der Waals surface area contributed by atoms with Gasteiger partial charge in [-0.3, -0.25) is 9.89 Å². The van der Waals surface area contributed by atoms with Crippen molar-refractivity contribution in [2.45, 2.75) is 25.6 Å². The fourth-order valence-corrected chi connectivity index (χ4v) is 3.99. The first kappa shape index (κ1) is 22.7. The monoisotopic (exact) mass is 449 g/mol. The lowest BCUT2D eigenvalue weighted by Crippen LogP contribution is -2.44. The van der Waals surface area contributed by atoms with Crippen LogP contribution in [0.3, 0.4) is 0 Å². The highest BCUT2D eigenvalue weighted by atomic mass is 16.5. The van der Waals surface area contributed by atoms with E-state index in [1.54, 1.807) is 27.5 Å². The number of nitrogens with zero attached hydrogens (tertiary/aromatic N) is 3. The summed E-state index contributed by atoms with van der Waals surface area (Å²) < 4.78 is 16.7. The zero-order valence-corrected chi connectivity index (χ0v) is 19.4. The van der Waals surface area contributed by atoms with Crippen LogP contribution in [0, 0.1) is 0 Å². The molecule has 0 saturated carbocycles. The molecule has 0 radical (unpaired) electrons. The van der Waals surface area contributed by atoms with E-state index >= 15 is 0 Å². The Morgan fingerprint density at radius 1 is 1.15 bits per heavy atom. The Kier molecular flexibility index (Phi) is 7.47. The Balaban J connectivity index is 1.27. The molecule has 0 amide bonds. The van der Waals surface area contributed by atoms with Gasteiger partial charge in [0.05, 0.1) is 27.0 Å². The van der Waals surface area contributed by atoms with Crippen LogP contribution in [0.5, 0.6) is 11.5 Å². The topological polar surface area (TPSA) is 84.2 Å². The molecule has 1 aliphatic rings. The number of hydrogen-bond donors (Lipinski definition) is 2. The lowest BCUT2D eigenvalue weighted by Gasteiger charge is -2.19. The summed E-state index contributed by atoms with van der Waals surface area (Å²) in [4.78, 5) is 11.2. The van der Waals surface area contributed by atoms with Gasteiger partial charge in [0, 0.05) is 44.4 Å². The average Bonchev–Trinajstić information content (AvgIpc) is 3.51. The van der Waals surface area contributed by atoms with Crippen LogP contribution in [0.4, 0.5) is 0 Å². The molecule has 3 aromatic rings. The molecular formula is C25H31N5O3. The van der Waals surface area contributed by atoms with Gasteiger partial charge in [-0.25, -0.2) is 4.98 Å². The SMILES string of the molecule is CN=C(NCc1ncc(-c2ccccc2)o1)NC1CCN(Cc2cc(OC)cc(OC)c2)C1. The molecule has 0 spiro atoms. The summed E-state index contributed by atoms with van der Waals surface area (Å²) in [7, 11) is 5.12. The van der Waals surface area contributed by atoms with E-state index < -0.39 is 0 Å². The van der Waals surface area contributed by atoms with Crippen molar-refractivity contribution in [2.24, 2.45) is 4.99 Å². The van der Waals surface area contributed by atoms with Crippen molar-refractivity contribution in [2.75, 3.05) is 34.4 Å². The number of aromatic nitrogens is 1. The molecule has 2 aromatic carbocycles. The van der Waals surface area contributed by atoms with Crippen LogP contribution in [0.2, 0.25) is 0 Å². The summed E-state index contributed by atoms with van der Waals surface area (Å²) in [6.07, 6.45) is 2.80. The van der Waals surface area contributed by atoms with Crippen molar-refractivity contribution in [3.8, 4) is 22.8 Å². The predicted octanol–water partition coefficient (Wildman–Crippen LogP) is 3.30. The number of ether oxygens (including phenoxy) is 2. The zero-order valence-electron chi connectivity index (χ0n) is 19.4. The van der Waals surface area contributed by atoms with Crippen molar-refractivity contribution >= 4 is 5.96 Å². The number of rotatable bonds is 8. The van der Waals surface area contributed by atoms with Crippen LogP contribution in [-0.4, -0.2) is 56.2 Å². The smallest absolute Gasteiger partial charge is 0.214 e. The molecule has 8 nitrogen and oxygen atoms in total. The minimum absolute atomic E-state index is 0.313. The van der Waals surface area contributed by atoms with E-state index in [9.17, 15) is 0 Å². The second kappa shape index (κ2) is 10.9. The van der Waals surface area contributed by atoms with Crippen LogP contribution in [-0.2, 0) is 13.1 Å². The molecule has 0 aliphatic carbocycles. The number of methoxy groups -OCH3 is 2. The third kappa shape index (κ3) is 6.04. The Morgan fingerprint density at radius 3 is 2.61 bits per heavy atom. The normalized spacial score (nSPS) is 16.6. The Labute approximate surface area is 194 Å². The van der Waals surface area contributed by atoms with Gasteiger partial charge in [-0.1, -0.05) is 30.3 Å². The summed E-state index contributed by atoms with van der Waals surface area (Å²) >= 11 is 0. The second-order valence-corrected chi connectivity index (χ2v) is 8.00. The van der Waals surface area contributed by atoms with Gasteiger partial charge < -0.3 is 24.5 Å². The molecule has 1 saturated heterocycles. The quantitative estimate of drug-likeness (QED) is 0.403. The Hall–Kier alpha value is -3.52.